The van der Waals surface area contributed by atoms with Crippen LogP contribution in [0.2, 0.25) is 0 Å². The Morgan fingerprint density at radius 3 is 2.29 bits per heavy atom. The molecular weight excluding hydrogens is 214 g/mol. The second-order valence-electron chi connectivity index (χ2n) is 2.26. The zero-order chi connectivity index (χ0) is 11.2. The van der Waals surface area contributed by atoms with E-state index in [9.17, 15) is 13.2 Å². The summed E-state index contributed by atoms with van der Waals surface area (Å²) in [5, 5.41) is 25.5. The van der Waals surface area contributed by atoms with Gasteiger partial charge in [-0.15, -0.1) is 5.14 Å². The lowest BCUT2D eigenvalue weighted by Crippen LogP contribution is -2.46. The summed E-state index contributed by atoms with van der Waals surface area (Å²) in [5.74, 6) is 0. The van der Waals surface area contributed by atoms with Crippen molar-refractivity contribution in [1.82, 2.24) is 14.8 Å². The molecular formula is C5H12N3O5S. The van der Waals surface area contributed by atoms with E-state index < -0.39 is 29.4 Å². The van der Waals surface area contributed by atoms with Gasteiger partial charge in [0.05, 0.1) is 19.8 Å². The fourth-order valence-electron chi connectivity index (χ4n) is 0.673. The summed E-state index contributed by atoms with van der Waals surface area (Å²) < 4.78 is 21.5. The van der Waals surface area contributed by atoms with Crippen LogP contribution >= 0.6 is 0 Å². The lowest BCUT2D eigenvalue weighted by Gasteiger charge is -2.17. The van der Waals surface area contributed by atoms with Crippen molar-refractivity contribution in [3.8, 4) is 0 Å². The van der Waals surface area contributed by atoms with E-state index in [-0.39, 0.29) is 17.5 Å². The Kier molecular flexibility index (Phi) is 5.38. The van der Waals surface area contributed by atoms with Gasteiger partial charge in [-0.3, -0.25) is 0 Å². The fraction of sp³-hybridized carbons (Fsp3) is 0.800. The van der Waals surface area contributed by atoms with Gasteiger partial charge in [0.15, 0.2) is 0 Å². The van der Waals surface area contributed by atoms with E-state index in [1.165, 1.54) is 0 Å². The summed E-state index contributed by atoms with van der Waals surface area (Å²) >= 11 is 0. The average Bonchev–Trinajstić information content (AvgIpc) is 2.08. The SMILES string of the molecule is [NH]S(=O)(=O)N(CCO)C(=O)NCCO. The Hall–Kier alpha value is -0.900. The van der Waals surface area contributed by atoms with Crippen LogP contribution in [0.25, 0.3) is 0 Å². The third-order valence-corrected chi connectivity index (χ3v) is 2.14. The molecule has 2 amide bonds. The third kappa shape index (κ3) is 4.37. The number of aliphatic hydroxyl groups excluding tert-OH is 2. The van der Waals surface area contributed by atoms with Gasteiger partial charge < -0.3 is 15.5 Å². The molecule has 0 aliphatic rings. The van der Waals surface area contributed by atoms with Gasteiger partial charge in [0, 0.05) is 6.54 Å². The second-order valence-corrected chi connectivity index (χ2v) is 3.65. The number of hydrogen-bond donors (Lipinski definition) is 3. The molecule has 4 N–H and O–H groups in total. The number of carbonyl (C=O) groups is 1. The Morgan fingerprint density at radius 1 is 1.36 bits per heavy atom. The summed E-state index contributed by atoms with van der Waals surface area (Å²) in [6.07, 6.45) is 0. The molecule has 9 heteroatoms. The predicted octanol–water partition coefficient (Wildman–Crippen LogP) is -2.49. The number of urea groups is 1. The molecule has 0 atom stereocenters. The van der Waals surface area contributed by atoms with Gasteiger partial charge in [-0.05, 0) is 0 Å². The molecule has 0 aromatic heterocycles. The molecule has 0 saturated heterocycles. The summed E-state index contributed by atoms with van der Waals surface area (Å²) in [4.78, 5) is 11.0. The third-order valence-electron chi connectivity index (χ3n) is 1.21. The molecule has 0 aliphatic carbocycles. The Morgan fingerprint density at radius 2 is 1.93 bits per heavy atom. The van der Waals surface area contributed by atoms with E-state index in [1.54, 1.807) is 0 Å². The van der Waals surface area contributed by atoms with Crippen LogP contribution in [0, 0.1) is 0 Å². The Labute approximate surface area is 81.5 Å². The zero-order valence-corrected chi connectivity index (χ0v) is 8.12. The van der Waals surface area contributed by atoms with Crippen molar-refractivity contribution in [3.05, 3.63) is 0 Å². The summed E-state index contributed by atoms with van der Waals surface area (Å²) in [5.41, 5.74) is 0. The number of amides is 2. The van der Waals surface area contributed by atoms with Crippen LogP contribution in [-0.2, 0) is 10.2 Å². The van der Waals surface area contributed by atoms with Gasteiger partial charge in [0.25, 0.3) is 0 Å². The highest BCUT2D eigenvalue weighted by atomic mass is 32.2. The molecule has 0 saturated carbocycles. The number of hydrogen-bond acceptors (Lipinski definition) is 5. The first-order valence-corrected chi connectivity index (χ1v) is 5.14. The van der Waals surface area contributed by atoms with E-state index in [1.807, 2.05) is 0 Å². The standard InChI is InChI=1S/C5H12N3O5S/c6-14(12,13)8(2-4-10)5(11)7-1-3-9/h6,9-10H,1-4H2,(H,7,11). The van der Waals surface area contributed by atoms with Gasteiger partial charge in [0.2, 0.25) is 0 Å². The minimum atomic E-state index is -4.43. The monoisotopic (exact) mass is 226 g/mol. The van der Waals surface area contributed by atoms with E-state index in [2.05, 4.69) is 5.32 Å². The minimum Gasteiger partial charge on any atom is -0.395 e. The number of nitrogens with zero attached hydrogens (tertiary/aromatic N) is 1. The second kappa shape index (κ2) is 5.75. The summed E-state index contributed by atoms with van der Waals surface area (Å²) in [6, 6.07) is -1.04. The van der Waals surface area contributed by atoms with Crippen molar-refractivity contribution in [2.75, 3.05) is 26.3 Å². The summed E-state index contributed by atoms with van der Waals surface area (Å²) in [7, 11) is -4.43. The first kappa shape index (κ1) is 13.1. The average molecular weight is 226 g/mol. The Balaban J connectivity index is 4.43. The fourth-order valence-corrected chi connectivity index (χ4v) is 1.28. The van der Waals surface area contributed by atoms with Gasteiger partial charge in [-0.2, -0.15) is 8.42 Å². The minimum absolute atomic E-state index is 0.115. The molecule has 0 rings (SSSR count). The normalized spacial score (nSPS) is 11.1. The maximum absolute atomic E-state index is 11.0. The molecule has 0 aromatic carbocycles. The van der Waals surface area contributed by atoms with Crippen LogP contribution in [0.4, 0.5) is 4.79 Å². The number of carbonyl (C=O) groups excluding carboxylic acids is 1. The van der Waals surface area contributed by atoms with Gasteiger partial charge in [-0.25, -0.2) is 9.10 Å². The molecule has 8 nitrogen and oxygen atoms in total. The van der Waals surface area contributed by atoms with Crippen molar-refractivity contribution < 1.29 is 23.4 Å². The highest BCUT2D eigenvalue weighted by molar-refractivity contribution is 7.87. The first-order valence-electron chi connectivity index (χ1n) is 3.70. The van der Waals surface area contributed by atoms with E-state index in [4.69, 9.17) is 15.4 Å². The van der Waals surface area contributed by atoms with Crippen LogP contribution in [0.5, 0.6) is 0 Å². The van der Waals surface area contributed by atoms with Gasteiger partial charge >= 0.3 is 16.2 Å². The van der Waals surface area contributed by atoms with Gasteiger partial charge in [0.1, 0.15) is 0 Å². The predicted molar refractivity (Wildman–Crippen MR) is 46.3 cm³/mol. The van der Waals surface area contributed by atoms with E-state index >= 15 is 0 Å². The molecule has 0 aromatic rings. The largest absolute Gasteiger partial charge is 0.395 e. The van der Waals surface area contributed by atoms with Gasteiger partial charge in [-0.1, -0.05) is 0 Å². The van der Waals surface area contributed by atoms with Crippen molar-refractivity contribution in [3.63, 3.8) is 0 Å². The van der Waals surface area contributed by atoms with Crippen LogP contribution in [0.15, 0.2) is 0 Å². The number of aliphatic hydroxyl groups is 2. The molecule has 0 unspecified atom stereocenters. The molecule has 0 heterocycles. The van der Waals surface area contributed by atoms with Crippen molar-refractivity contribution in [2.24, 2.45) is 0 Å². The number of rotatable bonds is 5. The summed E-state index contributed by atoms with van der Waals surface area (Å²) in [6.45, 7) is -1.50. The van der Waals surface area contributed by atoms with Crippen LogP contribution in [0.1, 0.15) is 0 Å². The van der Waals surface area contributed by atoms with Crippen LogP contribution in [-0.4, -0.2) is 55.3 Å². The maximum Gasteiger partial charge on any atom is 0.332 e. The Bertz CT molecular complexity index is 277. The van der Waals surface area contributed by atoms with Crippen molar-refractivity contribution in [1.29, 1.82) is 0 Å². The highest BCUT2D eigenvalue weighted by Crippen LogP contribution is 1.95. The maximum atomic E-state index is 11.0. The molecule has 14 heavy (non-hydrogen) atoms. The molecule has 0 bridgehead atoms. The lowest BCUT2D eigenvalue weighted by molar-refractivity contribution is 0.204. The smallest absolute Gasteiger partial charge is 0.332 e. The highest BCUT2D eigenvalue weighted by Gasteiger charge is 2.23. The molecule has 0 spiro atoms. The zero-order valence-electron chi connectivity index (χ0n) is 7.30. The quantitative estimate of drug-likeness (QED) is 0.477. The topological polar surface area (TPSA) is 131 Å². The number of nitrogens with one attached hydrogen (secondary N) is 2. The molecule has 1 radical (unpaired) electrons. The van der Waals surface area contributed by atoms with Crippen molar-refractivity contribution in [2.45, 2.75) is 0 Å². The lowest BCUT2D eigenvalue weighted by atomic mass is 10.6. The first-order chi connectivity index (χ1) is 6.43. The van der Waals surface area contributed by atoms with E-state index in [0.29, 0.717) is 0 Å². The molecule has 83 valence electrons. The van der Waals surface area contributed by atoms with Crippen LogP contribution < -0.4 is 10.5 Å². The molecule has 0 fully saturated rings. The molecule has 0 aliphatic heterocycles. The van der Waals surface area contributed by atoms with Crippen molar-refractivity contribution >= 4 is 16.2 Å². The van der Waals surface area contributed by atoms with E-state index in [0.717, 1.165) is 0 Å². The van der Waals surface area contributed by atoms with Crippen LogP contribution in [0.3, 0.4) is 0 Å².